The standard InChI is InChI=1S/C22H28N8O5/c1-20(2)8-14(31)29(17(20)33)9-12-15-21(28-18(23)27-15)22(34,35)13(10-30(21)19(24)25-12)26-16(32)11-6-4-3-5-7-11/h3-7,12-13,15,34-35H,8-10H2,1-2H3,(H2,24,25)(H,26,32)(H3,23,27,28)/t12-,13-,15-,21-/m0/s1. The van der Waals surface area contributed by atoms with Crippen molar-refractivity contribution in [1.82, 2.24) is 20.4 Å². The number of carbonyl (C=O) groups excluding carboxylic acids is 3. The minimum absolute atomic E-state index is 0.0564. The number of nitrogens with two attached hydrogens (primary N) is 2. The second-order valence-electron chi connectivity index (χ2n) is 10.0. The number of imide groups is 1. The highest BCUT2D eigenvalue weighted by atomic mass is 16.5. The minimum Gasteiger partial charge on any atom is -0.370 e. The summed E-state index contributed by atoms with van der Waals surface area (Å²) in [5.41, 5.74) is 9.95. The largest absolute Gasteiger partial charge is 0.370 e. The van der Waals surface area contributed by atoms with Crippen molar-refractivity contribution in [3.63, 3.8) is 0 Å². The zero-order chi connectivity index (χ0) is 25.3. The molecule has 0 unspecified atom stereocenters. The summed E-state index contributed by atoms with van der Waals surface area (Å²) < 4.78 is 0. The van der Waals surface area contributed by atoms with Crippen molar-refractivity contribution in [3.05, 3.63) is 35.9 Å². The highest BCUT2D eigenvalue weighted by molar-refractivity contribution is 6.05. The van der Waals surface area contributed by atoms with Gasteiger partial charge in [-0.2, -0.15) is 0 Å². The number of amides is 3. The Morgan fingerprint density at radius 3 is 2.51 bits per heavy atom. The van der Waals surface area contributed by atoms with Gasteiger partial charge >= 0.3 is 0 Å². The molecule has 186 valence electrons. The van der Waals surface area contributed by atoms with Gasteiger partial charge in [0.2, 0.25) is 17.6 Å². The number of aliphatic imine (C=N–C) groups is 2. The summed E-state index contributed by atoms with van der Waals surface area (Å²) in [5, 5.41) is 28.4. The van der Waals surface area contributed by atoms with E-state index in [1.165, 1.54) is 4.90 Å². The lowest BCUT2D eigenvalue weighted by Gasteiger charge is -2.49. The van der Waals surface area contributed by atoms with Gasteiger partial charge in [-0.05, 0) is 12.1 Å². The number of carbonyl (C=O) groups is 3. The number of hydrogen-bond donors (Lipinski definition) is 6. The maximum absolute atomic E-state index is 12.8. The molecule has 13 nitrogen and oxygen atoms in total. The van der Waals surface area contributed by atoms with Crippen molar-refractivity contribution in [3.8, 4) is 0 Å². The molecule has 3 amide bonds. The summed E-state index contributed by atoms with van der Waals surface area (Å²) in [5.74, 6) is -3.97. The third-order valence-electron chi connectivity index (χ3n) is 7.23. The molecule has 2 saturated heterocycles. The quantitative estimate of drug-likeness (QED) is 0.194. The second-order valence-corrected chi connectivity index (χ2v) is 10.0. The summed E-state index contributed by atoms with van der Waals surface area (Å²) in [6, 6.07) is 5.22. The highest BCUT2D eigenvalue weighted by Crippen LogP contribution is 2.45. The molecule has 0 aromatic heterocycles. The Morgan fingerprint density at radius 2 is 1.89 bits per heavy atom. The van der Waals surface area contributed by atoms with Crippen LogP contribution in [0, 0.1) is 5.41 Å². The van der Waals surface area contributed by atoms with Crippen molar-refractivity contribution in [1.29, 1.82) is 0 Å². The molecule has 1 spiro atoms. The first-order chi connectivity index (χ1) is 16.4. The maximum atomic E-state index is 12.8. The summed E-state index contributed by atoms with van der Waals surface area (Å²) in [6.07, 6.45) is 0.0564. The van der Waals surface area contributed by atoms with E-state index in [-0.39, 0.29) is 43.2 Å². The topological polar surface area (TPSA) is 199 Å². The van der Waals surface area contributed by atoms with Gasteiger partial charge < -0.3 is 37.2 Å². The van der Waals surface area contributed by atoms with Gasteiger partial charge in [0.05, 0.1) is 18.0 Å². The first-order valence-electron chi connectivity index (χ1n) is 11.3. The third kappa shape index (κ3) is 3.18. The molecule has 8 N–H and O–H groups in total. The Labute approximate surface area is 200 Å². The molecule has 1 aromatic rings. The lowest BCUT2D eigenvalue weighted by Crippen LogP contribution is -2.78. The Morgan fingerprint density at radius 1 is 1.20 bits per heavy atom. The monoisotopic (exact) mass is 484 g/mol. The number of rotatable bonds is 4. The zero-order valence-corrected chi connectivity index (χ0v) is 19.3. The molecular formula is C22H28N8O5. The Bertz CT molecular complexity index is 1170. The number of hydrogen-bond acceptors (Lipinski definition) is 11. The van der Waals surface area contributed by atoms with Gasteiger partial charge in [-0.25, -0.2) is 9.98 Å². The minimum atomic E-state index is -2.61. The van der Waals surface area contributed by atoms with E-state index in [1.54, 1.807) is 44.2 Å². The molecule has 13 heteroatoms. The maximum Gasteiger partial charge on any atom is 0.251 e. The van der Waals surface area contributed by atoms with Gasteiger partial charge in [0.25, 0.3) is 5.91 Å². The summed E-state index contributed by atoms with van der Waals surface area (Å²) >= 11 is 0. The molecule has 4 atom stereocenters. The van der Waals surface area contributed by atoms with E-state index in [9.17, 15) is 24.6 Å². The van der Waals surface area contributed by atoms with Crippen molar-refractivity contribution in [2.24, 2.45) is 26.9 Å². The Balaban J connectivity index is 1.47. The van der Waals surface area contributed by atoms with Crippen LogP contribution in [0.3, 0.4) is 0 Å². The van der Waals surface area contributed by atoms with Gasteiger partial charge in [0.1, 0.15) is 12.1 Å². The van der Waals surface area contributed by atoms with Gasteiger partial charge in [-0.3, -0.25) is 19.3 Å². The van der Waals surface area contributed by atoms with Crippen LogP contribution in [0.4, 0.5) is 0 Å². The lowest BCUT2D eigenvalue weighted by atomic mass is 9.84. The van der Waals surface area contributed by atoms with E-state index < -0.39 is 40.9 Å². The zero-order valence-electron chi connectivity index (χ0n) is 19.3. The highest BCUT2D eigenvalue weighted by Gasteiger charge is 2.73. The van der Waals surface area contributed by atoms with Crippen LogP contribution in [-0.2, 0) is 9.59 Å². The van der Waals surface area contributed by atoms with E-state index in [0.29, 0.717) is 5.56 Å². The summed E-state index contributed by atoms with van der Waals surface area (Å²) in [4.78, 5) is 49.5. The van der Waals surface area contributed by atoms with Crippen LogP contribution >= 0.6 is 0 Å². The number of aliphatic hydroxyl groups is 2. The van der Waals surface area contributed by atoms with Crippen LogP contribution in [0.5, 0.6) is 0 Å². The van der Waals surface area contributed by atoms with Crippen LogP contribution in [0.1, 0.15) is 30.6 Å². The molecule has 0 aliphatic carbocycles. The average Bonchev–Trinajstić information content (AvgIpc) is 3.33. The smallest absolute Gasteiger partial charge is 0.251 e. The molecule has 0 saturated carbocycles. The molecule has 0 bridgehead atoms. The SMILES string of the molecule is CC1(C)CC(=O)N(C[C@@H]2N=C(N)N3C[C@H](NC(=O)c4ccccc4)C(O)(O)[C@@]34NC(N)=N[C@@H]24)C1=O. The molecule has 4 aliphatic heterocycles. The fourth-order valence-electron chi connectivity index (χ4n) is 5.47. The number of guanidine groups is 2. The van der Waals surface area contributed by atoms with Crippen molar-refractivity contribution in [2.75, 3.05) is 13.1 Å². The molecule has 5 rings (SSSR count). The molecule has 4 heterocycles. The van der Waals surface area contributed by atoms with E-state index in [0.717, 1.165) is 4.90 Å². The van der Waals surface area contributed by atoms with E-state index >= 15 is 0 Å². The van der Waals surface area contributed by atoms with Crippen molar-refractivity contribution in [2.45, 2.75) is 49.8 Å². The second kappa shape index (κ2) is 7.39. The Kier molecular flexibility index (Phi) is 4.87. The van der Waals surface area contributed by atoms with Crippen LogP contribution in [-0.4, -0.2) is 92.3 Å². The normalized spacial score (nSPS) is 32.5. The molecule has 35 heavy (non-hydrogen) atoms. The number of nitrogens with zero attached hydrogens (tertiary/aromatic N) is 4. The van der Waals surface area contributed by atoms with Crippen LogP contribution in [0.2, 0.25) is 0 Å². The lowest BCUT2D eigenvalue weighted by molar-refractivity contribution is -0.230. The third-order valence-corrected chi connectivity index (χ3v) is 7.23. The van der Waals surface area contributed by atoms with Gasteiger partial charge in [0, 0.05) is 18.5 Å². The number of likely N-dealkylation sites (tertiary alicyclic amines) is 1. The molecule has 2 fully saturated rings. The number of benzene rings is 1. The fraction of sp³-hybridized carbons (Fsp3) is 0.500. The molecule has 1 aromatic carbocycles. The molecular weight excluding hydrogens is 456 g/mol. The first kappa shape index (κ1) is 23.1. The number of nitrogens with one attached hydrogen (secondary N) is 2. The van der Waals surface area contributed by atoms with Crippen LogP contribution in [0.25, 0.3) is 0 Å². The average molecular weight is 485 g/mol. The first-order valence-corrected chi connectivity index (χ1v) is 11.3. The molecule has 0 radical (unpaired) electrons. The van der Waals surface area contributed by atoms with Gasteiger partial charge in [-0.15, -0.1) is 0 Å². The molecule has 4 aliphatic rings. The van der Waals surface area contributed by atoms with Crippen LogP contribution < -0.4 is 22.1 Å². The summed E-state index contributed by atoms with van der Waals surface area (Å²) in [7, 11) is 0. The predicted octanol–water partition coefficient (Wildman–Crippen LogP) is -2.75. The van der Waals surface area contributed by atoms with Gasteiger partial charge in [0.15, 0.2) is 17.6 Å². The van der Waals surface area contributed by atoms with Gasteiger partial charge in [-0.1, -0.05) is 32.0 Å². The van der Waals surface area contributed by atoms with E-state index in [4.69, 9.17) is 11.5 Å². The van der Waals surface area contributed by atoms with E-state index in [1.807, 2.05) is 0 Å². The summed E-state index contributed by atoms with van der Waals surface area (Å²) in [6.45, 7) is 3.11. The van der Waals surface area contributed by atoms with E-state index in [2.05, 4.69) is 20.6 Å². The Hall–Kier alpha value is -3.71. The van der Waals surface area contributed by atoms with Crippen molar-refractivity contribution >= 4 is 29.6 Å². The van der Waals surface area contributed by atoms with Crippen LogP contribution in [0.15, 0.2) is 40.3 Å². The fourth-order valence-corrected chi connectivity index (χ4v) is 5.47. The van der Waals surface area contributed by atoms with Crippen molar-refractivity contribution < 1.29 is 24.6 Å². The predicted molar refractivity (Wildman–Crippen MR) is 123 cm³/mol.